The maximum absolute atomic E-state index is 3.72. The second kappa shape index (κ2) is 8.89. The normalized spacial score (nSPS) is 25.0. The molecule has 0 saturated heterocycles. The number of likely N-dealkylation sites (N-methyl/N-ethyl adjacent to an activating group) is 1. The molecular weight excluding hydrogens is 222 g/mol. The van der Waals surface area contributed by atoms with Gasteiger partial charge in [-0.3, -0.25) is 0 Å². The highest BCUT2D eigenvalue weighted by Gasteiger charge is 2.17. The van der Waals surface area contributed by atoms with Crippen LogP contribution in [0, 0.1) is 5.92 Å². The van der Waals surface area contributed by atoms with E-state index in [-0.39, 0.29) is 0 Å². The Morgan fingerprint density at radius 1 is 0.944 bits per heavy atom. The Bertz CT molecular complexity index is 198. The molecule has 0 aromatic heterocycles. The fourth-order valence-corrected chi connectivity index (χ4v) is 2.69. The first kappa shape index (κ1) is 15.9. The first-order valence-electron chi connectivity index (χ1n) is 7.64. The summed E-state index contributed by atoms with van der Waals surface area (Å²) in [6, 6.07) is 0.788. The van der Waals surface area contributed by atoms with E-state index < -0.39 is 0 Å². The monoisotopic (exact) mass is 255 g/mol. The van der Waals surface area contributed by atoms with Gasteiger partial charge in [0.2, 0.25) is 0 Å². The van der Waals surface area contributed by atoms with Crippen LogP contribution < -0.4 is 5.32 Å². The number of hydrogen-bond acceptors (Lipinski definition) is 3. The Morgan fingerprint density at radius 3 is 2.22 bits per heavy atom. The zero-order valence-electron chi connectivity index (χ0n) is 12.9. The minimum Gasteiger partial charge on any atom is -0.313 e. The van der Waals surface area contributed by atoms with E-state index in [9.17, 15) is 0 Å². The molecule has 0 unspecified atom stereocenters. The van der Waals surface area contributed by atoms with Crippen LogP contribution in [0.2, 0.25) is 0 Å². The van der Waals surface area contributed by atoms with E-state index in [1.807, 2.05) is 0 Å². The summed E-state index contributed by atoms with van der Waals surface area (Å²) in [7, 11) is 6.53. The van der Waals surface area contributed by atoms with E-state index in [1.54, 1.807) is 0 Å². The van der Waals surface area contributed by atoms with Gasteiger partial charge in [-0.15, -0.1) is 0 Å². The Kier molecular flexibility index (Phi) is 7.87. The third-order valence-corrected chi connectivity index (χ3v) is 4.09. The molecule has 0 spiro atoms. The van der Waals surface area contributed by atoms with Crippen LogP contribution in [0.25, 0.3) is 0 Å². The number of nitrogens with one attached hydrogen (secondary N) is 1. The Morgan fingerprint density at radius 2 is 1.61 bits per heavy atom. The van der Waals surface area contributed by atoms with Gasteiger partial charge in [-0.2, -0.15) is 0 Å². The molecule has 3 heteroatoms. The van der Waals surface area contributed by atoms with Gasteiger partial charge in [-0.25, -0.2) is 0 Å². The van der Waals surface area contributed by atoms with Crippen molar-refractivity contribution < 1.29 is 0 Å². The van der Waals surface area contributed by atoms with E-state index in [4.69, 9.17) is 0 Å². The quantitative estimate of drug-likeness (QED) is 0.716. The molecule has 0 radical (unpaired) electrons. The van der Waals surface area contributed by atoms with Crippen LogP contribution in [0.3, 0.4) is 0 Å². The lowest BCUT2D eigenvalue weighted by molar-refractivity contribution is 0.272. The zero-order valence-corrected chi connectivity index (χ0v) is 12.9. The van der Waals surface area contributed by atoms with Crippen LogP contribution in [0.15, 0.2) is 0 Å². The standard InChI is InChI=1S/C15H33N3/c1-14-6-8-15(9-7-14)16-10-13-18(4)12-5-11-17(2)3/h14-16H,5-13H2,1-4H3. The summed E-state index contributed by atoms with van der Waals surface area (Å²) >= 11 is 0. The predicted octanol–water partition coefficient (Wildman–Crippen LogP) is 2.04. The van der Waals surface area contributed by atoms with Gasteiger partial charge in [-0.1, -0.05) is 6.92 Å². The van der Waals surface area contributed by atoms with Crippen molar-refractivity contribution in [1.82, 2.24) is 15.1 Å². The summed E-state index contributed by atoms with van der Waals surface area (Å²) in [6.45, 7) is 7.12. The highest BCUT2D eigenvalue weighted by Crippen LogP contribution is 2.23. The molecule has 0 aliphatic heterocycles. The maximum atomic E-state index is 3.72. The van der Waals surface area contributed by atoms with Gasteiger partial charge in [0, 0.05) is 19.1 Å². The number of nitrogens with zero attached hydrogens (tertiary/aromatic N) is 2. The largest absolute Gasteiger partial charge is 0.313 e. The summed E-state index contributed by atoms with van der Waals surface area (Å²) in [4.78, 5) is 4.71. The molecule has 0 amide bonds. The Hall–Kier alpha value is -0.120. The molecule has 0 aromatic rings. The molecule has 108 valence electrons. The second-order valence-electron chi connectivity index (χ2n) is 6.37. The van der Waals surface area contributed by atoms with Crippen LogP contribution in [0.5, 0.6) is 0 Å². The molecule has 3 nitrogen and oxygen atoms in total. The second-order valence-corrected chi connectivity index (χ2v) is 6.37. The van der Waals surface area contributed by atoms with Crippen LogP contribution in [-0.2, 0) is 0 Å². The molecule has 0 aromatic carbocycles. The first-order chi connectivity index (χ1) is 8.58. The average Bonchev–Trinajstić information content (AvgIpc) is 2.31. The van der Waals surface area contributed by atoms with Gasteiger partial charge in [0.05, 0.1) is 0 Å². The van der Waals surface area contributed by atoms with Crippen LogP contribution >= 0.6 is 0 Å². The van der Waals surface area contributed by atoms with Crippen molar-refractivity contribution in [2.45, 2.75) is 45.1 Å². The minimum atomic E-state index is 0.788. The Labute approximate surface area is 114 Å². The van der Waals surface area contributed by atoms with Crippen molar-refractivity contribution in [3.8, 4) is 0 Å². The van der Waals surface area contributed by atoms with Crippen molar-refractivity contribution in [1.29, 1.82) is 0 Å². The molecule has 0 bridgehead atoms. The van der Waals surface area contributed by atoms with Crippen molar-refractivity contribution in [3.63, 3.8) is 0 Å². The highest BCUT2D eigenvalue weighted by atomic mass is 15.1. The molecule has 1 aliphatic carbocycles. The fraction of sp³-hybridized carbons (Fsp3) is 1.00. The van der Waals surface area contributed by atoms with E-state index in [1.165, 1.54) is 51.7 Å². The van der Waals surface area contributed by atoms with Gasteiger partial charge in [0.1, 0.15) is 0 Å². The summed E-state index contributed by atoms with van der Waals surface area (Å²) in [6.07, 6.45) is 6.86. The number of rotatable bonds is 8. The van der Waals surface area contributed by atoms with Crippen molar-refractivity contribution >= 4 is 0 Å². The first-order valence-corrected chi connectivity index (χ1v) is 7.64. The Balaban J connectivity index is 1.96. The number of hydrogen-bond donors (Lipinski definition) is 1. The lowest BCUT2D eigenvalue weighted by Gasteiger charge is -2.28. The van der Waals surface area contributed by atoms with Crippen molar-refractivity contribution in [3.05, 3.63) is 0 Å². The van der Waals surface area contributed by atoms with Gasteiger partial charge in [-0.05, 0) is 72.3 Å². The summed E-state index contributed by atoms with van der Waals surface area (Å²) in [5.41, 5.74) is 0. The van der Waals surface area contributed by atoms with Crippen LogP contribution in [0.4, 0.5) is 0 Å². The molecule has 1 N–H and O–H groups in total. The average molecular weight is 255 g/mol. The van der Waals surface area contributed by atoms with E-state index >= 15 is 0 Å². The minimum absolute atomic E-state index is 0.788. The SMILES string of the molecule is CC1CCC(NCCN(C)CCCN(C)C)CC1. The topological polar surface area (TPSA) is 18.5 Å². The zero-order chi connectivity index (χ0) is 13.4. The summed E-state index contributed by atoms with van der Waals surface area (Å²) in [5.74, 6) is 0.955. The van der Waals surface area contributed by atoms with Gasteiger partial charge in [0.25, 0.3) is 0 Å². The lowest BCUT2D eigenvalue weighted by Crippen LogP contribution is -2.38. The molecule has 0 atom stereocenters. The molecule has 1 saturated carbocycles. The summed E-state index contributed by atoms with van der Waals surface area (Å²) < 4.78 is 0. The molecule has 18 heavy (non-hydrogen) atoms. The molecule has 1 fully saturated rings. The predicted molar refractivity (Wildman–Crippen MR) is 80.1 cm³/mol. The molecule has 0 heterocycles. The van der Waals surface area contributed by atoms with E-state index in [2.05, 4.69) is 43.2 Å². The third-order valence-electron chi connectivity index (χ3n) is 4.09. The lowest BCUT2D eigenvalue weighted by atomic mass is 9.87. The smallest absolute Gasteiger partial charge is 0.0104 e. The summed E-state index contributed by atoms with van der Waals surface area (Å²) in [5, 5.41) is 3.72. The van der Waals surface area contributed by atoms with Crippen molar-refractivity contribution in [2.75, 3.05) is 47.3 Å². The van der Waals surface area contributed by atoms with Gasteiger partial charge in [0.15, 0.2) is 0 Å². The third kappa shape index (κ3) is 7.34. The highest BCUT2D eigenvalue weighted by molar-refractivity contribution is 4.75. The van der Waals surface area contributed by atoms with Crippen LogP contribution in [0.1, 0.15) is 39.0 Å². The van der Waals surface area contributed by atoms with Crippen LogP contribution in [-0.4, -0.2) is 63.2 Å². The molecular formula is C15H33N3. The van der Waals surface area contributed by atoms with Gasteiger partial charge >= 0.3 is 0 Å². The van der Waals surface area contributed by atoms with Gasteiger partial charge < -0.3 is 15.1 Å². The maximum Gasteiger partial charge on any atom is 0.0104 e. The fourth-order valence-electron chi connectivity index (χ4n) is 2.69. The molecule has 1 aliphatic rings. The molecule has 1 rings (SSSR count). The van der Waals surface area contributed by atoms with Crippen molar-refractivity contribution in [2.24, 2.45) is 5.92 Å². The van der Waals surface area contributed by atoms with E-state index in [0.29, 0.717) is 0 Å². The van der Waals surface area contributed by atoms with E-state index in [0.717, 1.165) is 18.5 Å².